The minimum absolute atomic E-state index is 0.134. The standard InChI is InChI=1S/C14H17N3O4/c1-15-14(19)16-13(18)10-17(8-11-4-2-6-20-11)9-12-5-3-7-21-12/h2-7H,8-10H2,1H3,(H2,15,16,18,19)/p+1. The molecule has 112 valence electrons. The van der Waals surface area contributed by atoms with E-state index in [1.165, 1.54) is 7.05 Å². The first-order chi connectivity index (χ1) is 10.2. The topological polar surface area (TPSA) is 88.9 Å². The zero-order chi connectivity index (χ0) is 15.1. The molecule has 0 aromatic carbocycles. The molecule has 0 aliphatic heterocycles. The second-order valence-electron chi connectivity index (χ2n) is 4.57. The summed E-state index contributed by atoms with van der Waals surface area (Å²) >= 11 is 0. The number of quaternary nitrogens is 1. The van der Waals surface area contributed by atoms with Gasteiger partial charge in [-0.3, -0.25) is 10.1 Å². The van der Waals surface area contributed by atoms with Crippen molar-refractivity contribution in [2.45, 2.75) is 13.1 Å². The van der Waals surface area contributed by atoms with Crippen LogP contribution in [0, 0.1) is 0 Å². The average molecular weight is 292 g/mol. The van der Waals surface area contributed by atoms with Crippen LogP contribution in [0.3, 0.4) is 0 Å². The number of furan rings is 2. The summed E-state index contributed by atoms with van der Waals surface area (Å²) in [5.74, 6) is 1.18. The number of rotatable bonds is 6. The SMILES string of the molecule is CNC(=O)NC(=O)C[NH+](Cc1ccco1)Cc1ccco1. The molecule has 3 amide bonds. The fraction of sp³-hybridized carbons (Fsp3) is 0.286. The van der Waals surface area contributed by atoms with Crippen LogP contribution in [0.1, 0.15) is 11.5 Å². The van der Waals surface area contributed by atoms with Crippen LogP contribution in [0.15, 0.2) is 45.6 Å². The van der Waals surface area contributed by atoms with Crippen LogP contribution in [0.25, 0.3) is 0 Å². The highest BCUT2D eigenvalue weighted by Gasteiger charge is 2.19. The highest BCUT2D eigenvalue weighted by molar-refractivity contribution is 5.94. The lowest BCUT2D eigenvalue weighted by Crippen LogP contribution is -3.10. The number of carbonyl (C=O) groups excluding carboxylic acids is 2. The number of urea groups is 1. The van der Waals surface area contributed by atoms with Crippen LogP contribution in [-0.4, -0.2) is 25.5 Å². The van der Waals surface area contributed by atoms with Gasteiger partial charge in [0.2, 0.25) is 0 Å². The van der Waals surface area contributed by atoms with E-state index in [9.17, 15) is 9.59 Å². The Kier molecular flexibility index (Phi) is 5.16. The van der Waals surface area contributed by atoms with E-state index in [-0.39, 0.29) is 12.5 Å². The summed E-state index contributed by atoms with van der Waals surface area (Å²) in [6.45, 7) is 1.18. The largest absolute Gasteiger partial charge is 0.463 e. The van der Waals surface area contributed by atoms with Crippen molar-refractivity contribution in [2.24, 2.45) is 0 Å². The van der Waals surface area contributed by atoms with Gasteiger partial charge in [-0.15, -0.1) is 0 Å². The van der Waals surface area contributed by atoms with Crippen molar-refractivity contribution in [1.82, 2.24) is 10.6 Å². The average Bonchev–Trinajstić information content (AvgIpc) is 3.11. The third-order valence-corrected chi connectivity index (χ3v) is 2.90. The van der Waals surface area contributed by atoms with E-state index in [2.05, 4.69) is 10.6 Å². The van der Waals surface area contributed by atoms with Crippen LogP contribution in [0.2, 0.25) is 0 Å². The molecule has 2 aromatic heterocycles. The van der Waals surface area contributed by atoms with Crippen molar-refractivity contribution in [3.63, 3.8) is 0 Å². The van der Waals surface area contributed by atoms with Gasteiger partial charge in [0.25, 0.3) is 5.91 Å². The monoisotopic (exact) mass is 292 g/mol. The lowest BCUT2D eigenvalue weighted by molar-refractivity contribution is -0.921. The van der Waals surface area contributed by atoms with Gasteiger partial charge in [0, 0.05) is 7.05 Å². The molecule has 0 unspecified atom stereocenters. The molecule has 3 N–H and O–H groups in total. The van der Waals surface area contributed by atoms with Crippen molar-refractivity contribution in [3.8, 4) is 0 Å². The summed E-state index contributed by atoms with van der Waals surface area (Å²) in [6, 6.07) is 6.77. The Bertz CT molecular complexity index is 527. The van der Waals surface area contributed by atoms with Crippen LogP contribution in [0.5, 0.6) is 0 Å². The first kappa shape index (κ1) is 14.9. The van der Waals surface area contributed by atoms with Gasteiger partial charge in [0.05, 0.1) is 12.5 Å². The number of nitrogens with one attached hydrogen (secondary N) is 3. The van der Waals surface area contributed by atoms with Crippen LogP contribution < -0.4 is 15.5 Å². The molecule has 7 heteroatoms. The molecule has 0 atom stereocenters. The van der Waals surface area contributed by atoms with Crippen LogP contribution >= 0.6 is 0 Å². The molecule has 0 saturated heterocycles. The normalized spacial score (nSPS) is 10.6. The van der Waals surface area contributed by atoms with E-state index in [0.717, 1.165) is 16.4 Å². The zero-order valence-corrected chi connectivity index (χ0v) is 11.7. The van der Waals surface area contributed by atoms with Crippen molar-refractivity contribution in [3.05, 3.63) is 48.3 Å². The number of imide groups is 1. The van der Waals surface area contributed by atoms with E-state index in [0.29, 0.717) is 13.1 Å². The molecule has 2 aromatic rings. The predicted molar refractivity (Wildman–Crippen MR) is 73.3 cm³/mol. The Morgan fingerprint density at radius 2 is 1.67 bits per heavy atom. The zero-order valence-electron chi connectivity index (χ0n) is 11.7. The molecule has 0 spiro atoms. The molecule has 0 aliphatic carbocycles. The lowest BCUT2D eigenvalue weighted by atomic mass is 10.3. The molecular weight excluding hydrogens is 274 g/mol. The third kappa shape index (κ3) is 4.81. The Labute approximate surface area is 121 Å². The Morgan fingerprint density at radius 3 is 2.10 bits per heavy atom. The molecule has 7 nitrogen and oxygen atoms in total. The Morgan fingerprint density at radius 1 is 1.10 bits per heavy atom. The van der Waals surface area contributed by atoms with E-state index in [1.807, 2.05) is 12.1 Å². The highest BCUT2D eigenvalue weighted by atomic mass is 16.3. The molecule has 21 heavy (non-hydrogen) atoms. The van der Waals surface area contributed by atoms with Crippen LogP contribution in [-0.2, 0) is 17.9 Å². The van der Waals surface area contributed by atoms with E-state index < -0.39 is 6.03 Å². The van der Waals surface area contributed by atoms with E-state index >= 15 is 0 Å². The summed E-state index contributed by atoms with van der Waals surface area (Å²) in [6.07, 6.45) is 3.18. The van der Waals surface area contributed by atoms with Crippen molar-refractivity contribution >= 4 is 11.9 Å². The second kappa shape index (κ2) is 7.30. The summed E-state index contributed by atoms with van der Waals surface area (Å²) in [5.41, 5.74) is 0. The summed E-state index contributed by atoms with van der Waals surface area (Å²) in [5, 5.41) is 4.59. The smallest absolute Gasteiger partial charge is 0.321 e. The molecule has 0 radical (unpaired) electrons. The maximum absolute atomic E-state index is 11.8. The summed E-state index contributed by atoms with van der Waals surface area (Å²) in [7, 11) is 1.46. The number of amides is 3. The number of carbonyl (C=O) groups is 2. The minimum atomic E-state index is -0.518. The molecule has 0 fully saturated rings. The maximum atomic E-state index is 11.8. The fourth-order valence-corrected chi connectivity index (χ4v) is 1.97. The van der Waals surface area contributed by atoms with Crippen molar-refractivity contribution < 1.29 is 23.3 Å². The van der Waals surface area contributed by atoms with Gasteiger partial charge in [-0.1, -0.05) is 0 Å². The van der Waals surface area contributed by atoms with Crippen molar-refractivity contribution in [2.75, 3.05) is 13.6 Å². The molecule has 0 aliphatic rings. The van der Waals surface area contributed by atoms with E-state index in [1.54, 1.807) is 24.7 Å². The number of hydrogen-bond acceptors (Lipinski definition) is 4. The van der Waals surface area contributed by atoms with Crippen molar-refractivity contribution in [1.29, 1.82) is 0 Å². The van der Waals surface area contributed by atoms with Gasteiger partial charge in [0.15, 0.2) is 18.1 Å². The summed E-state index contributed by atoms with van der Waals surface area (Å²) < 4.78 is 10.6. The fourth-order valence-electron chi connectivity index (χ4n) is 1.97. The molecular formula is C14H18N3O4+. The quantitative estimate of drug-likeness (QED) is 0.694. The van der Waals surface area contributed by atoms with Gasteiger partial charge < -0.3 is 19.1 Å². The summed E-state index contributed by atoms with van der Waals surface area (Å²) in [4.78, 5) is 23.9. The third-order valence-electron chi connectivity index (χ3n) is 2.90. The minimum Gasteiger partial charge on any atom is -0.463 e. The van der Waals surface area contributed by atoms with Crippen LogP contribution in [0.4, 0.5) is 4.79 Å². The Balaban J connectivity index is 1.97. The van der Waals surface area contributed by atoms with Gasteiger partial charge in [-0.05, 0) is 24.3 Å². The molecule has 2 rings (SSSR count). The van der Waals surface area contributed by atoms with E-state index in [4.69, 9.17) is 8.83 Å². The first-order valence-electron chi connectivity index (χ1n) is 6.57. The van der Waals surface area contributed by atoms with Gasteiger partial charge in [-0.2, -0.15) is 0 Å². The first-order valence-corrected chi connectivity index (χ1v) is 6.57. The van der Waals surface area contributed by atoms with Gasteiger partial charge in [-0.25, -0.2) is 4.79 Å². The van der Waals surface area contributed by atoms with Gasteiger partial charge >= 0.3 is 6.03 Å². The highest BCUT2D eigenvalue weighted by Crippen LogP contribution is 1.99. The predicted octanol–water partition coefficient (Wildman–Crippen LogP) is -0.0867. The second-order valence-corrected chi connectivity index (χ2v) is 4.57. The maximum Gasteiger partial charge on any atom is 0.321 e. The Hall–Kier alpha value is -2.54. The van der Waals surface area contributed by atoms with Gasteiger partial charge in [0.1, 0.15) is 13.1 Å². The molecule has 0 bridgehead atoms. The molecule has 2 heterocycles. The lowest BCUT2D eigenvalue weighted by Gasteiger charge is -2.16. The molecule has 0 saturated carbocycles. The number of hydrogen-bond donors (Lipinski definition) is 3.